The molecular formula is C29H22F3N7. The van der Waals surface area contributed by atoms with Crippen molar-refractivity contribution in [1.29, 1.82) is 0 Å². The van der Waals surface area contributed by atoms with Gasteiger partial charge in [-0.2, -0.15) is 5.10 Å². The minimum absolute atomic E-state index is 0.112. The molecule has 0 spiro atoms. The maximum absolute atomic E-state index is 13.6. The zero-order valence-electron chi connectivity index (χ0n) is 20.6. The summed E-state index contributed by atoms with van der Waals surface area (Å²) in [4.78, 5) is 18.5. The fourth-order valence-corrected chi connectivity index (χ4v) is 5.23. The highest BCUT2D eigenvalue weighted by Crippen LogP contribution is 2.34. The third kappa shape index (κ3) is 4.42. The molecule has 0 bridgehead atoms. The van der Waals surface area contributed by atoms with Gasteiger partial charge in [0.05, 0.1) is 12.2 Å². The third-order valence-electron chi connectivity index (χ3n) is 7.14. The summed E-state index contributed by atoms with van der Waals surface area (Å²) in [5, 5.41) is 9.22. The highest BCUT2D eigenvalue weighted by atomic mass is 19.3. The number of likely N-dealkylation sites (tertiary alicyclic amines) is 1. The van der Waals surface area contributed by atoms with E-state index < -0.39 is 5.92 Å². The summed E-state index contributed by atoms with van der Waals surface area (Å²) in [7, 11) is 0. The molecule has 6 aromatic rings. The van der Waals surface area contributed by atoms with Crippen LogP contribution in [0.3, 0.4) is 0 Å². The monoisotopic (exact) mass is 525 g/mol. The van der Waals surface area contributed by atoms with Crippen molar-refractivity contribution in [3.05, 3.63) is 84.7 Å². The molecule has 0 aliphatic carbocycles. The van der Waals surface area contributed by atoms with Crippen molar-refractivity contribution in [2.75, 3.05) is 13.1 Å². The molecule has 194 valence electrons. The van der Waals surface area contributed by atoms with E-state index in [-0.39, 0.29) is 18.8 Å². The van der Waals surface area contributed by atoms with E-state index in [2.05, 4.69) is 30.1 Å². The highest BCUT2D eigenvalue weighted by Gasteiger charge is 2.37. The predicted octanol–water partition coefficient (Wildman–Crippen LogP) is 6.21. The van der Waals surface area contributed by atoms with Crippen molar-refractivity contribution < 1.29 is 13.2 Å². The molecule has 0 amide bonds. The van der Waals surface area contributed by atoms with Crippen molar-refractivity contribution in [3.8, 4) is 33.6 Å². The van der Waals surface area contributed by atoms with Gasteiger partial charge in [0.2, 0.25) is 0 Å². The van der Waals surface area contributed by atoms with Crippen LogP contribution in [0.4, 0.5) is 13.2 Å². The van der Waals surface area contributed by atoms with Crippen molar-refractivity contribution in [2.45, 2.75) is 18.9 Å². The van der Waals surface area contributed by atoms with E-state index >= 15 is 0 Å². The normalized spacial score (nSPS) is 15.5. The molecular weight excluding hydrogens is 503 g/mol. The summed E-state index contributed by atoms with van der Waals surface area (Å²) in [5.41, 5.74) is 7.14. The van der Waals surface area contributed by atoms with Gasteiger partial charge in [0, 0.05) is 66.2 Å². The van der Waals surface area contributed by atoms with Crippen LogP contribution in [-0.2, 0) is 6.54 Å². The summed E-state index contributed by atoms with van der Waals surface area (Å²) < 4.78 is 40.7. The third-order valence-corrected chi connectivity index (χ3v) is 7.14. The Bertz CT molecular complexity index is 1820. The number of aromatic nitrogens is 6. The van der Waals surface area contributed by atoms with E-state index in [1.807, 2.05) is 24.3 Å². The molecule has 1 aromatic carbocycles. The van der Waals surface area contributed by atoms with Crippen LogP contribution >= 0.6 is 0 Å². The molecule has 0 saturated carbocycles. The number of nitrogens with zero attached hydrogens (tertiary/aromatic N) is 5. The number of rotatable bonds is 5. The quantitative estimate of drug-likeness (QED) is 0.280. The fourth-order valence-electron chi connectivity index (χ4n) is 5.23. The molecule has 7 nitrogen and oxygen atoms in total. The molecule has 1 saturated heterocycles. The van der Waals surface area contributed by atoms with Crippen LogP contribution in [-0.4, -0.2) is 54.0 Å². The number of halogens is 3. The van der Waals surface area contributed by atoms with Crippen LogP contribution in [0.5, 0.6) is 0 Å². The van der Waals surface area contributed by atoms with Crippen molar-refractivity contribution >= 4 is 22.1 Å². The molecule has 0 radical (unpaired) electrons. The van der Waals surface area contributed by atoms with Gasteiger partial charge in [-0.25, -0.2) is 23.1 Å². The number of H-pyrrole nitrogens is 2. The van der Waals surface area contributed by atoms with Crippen molar-refractivity contribution in [3.63, 3.8) is 0 Å². The summed E-state index contributed by atoms with van der Waals surface area (Å²) in [6, 6.07) is 14.2. The Morgan fingerprint density at radius 1 is 0.872 bits per heavy atom. The van der Waals surface area contributed by atoms with Crippen LogP contribution < -0.4 is 0 Å². The number of nitrogens with one attached hydrogen (secondary N) is 2. The van der Waals surface area contributed by atoms with Crippen LogP contribution in [0.25, 0.3) is 55.7 Å². The van der Waals surface area contributed by atoms with Crippen LogP contribution in [0.1, 0.15) is 12.0 Å². The molecule has 2 N–H and O–H groups in total. The summed E-state index contributed by atoms with van der Waals surface area (Å²) in [6.45, 7) is 0.554. The maximum atomic E-state index is 13.6. The van der Waals surface area contributed by atoms with E-state index in [4.69, 9.17) is 0 Å². The summed E-state index contributed by atoms with van der Waals surface area (Å²) >= 11 is 0. The first-order valence-electron chi connectivity index (χ1n) is 12.5. The lowest BCUT2D eigenvalue weighted by molar-refractivity contribution is 0.0115. The van der Waals surface area contributed by atoms with Crippen LogP contribution in [0, 0.1) is 5.82 Å². The lowest BCUT2D eigenvalue weighted by Crippen LogP contribution is -2.24. The number of benzene rings is 1. The van der Waals surface area contributed by atoms with E-state index in [1.54, 1.807) is 41.8 Å². The van der Waals surface area contributed by atoms with Gasteiger partial charge in [-0.1, -0.05) is 12.1 Å². The molecule has 1 aliphatic rings. The first-order chi connectivity index (χ1) is 18.9. The Kier molecular flexibility index (Phi) is 5.44. The number of alkyl halides is 2. The minimum Gasteiger partial charge on any atom is -0.338 e. The van der Waals surface area contributed by atoms with Gasteiger partial charge in [-0.05, 0) is 53.1 Å². The van der Waals surface area contributed by atoms with Gasteiger partial charge in [-0.3, -0.25) is 15.0 Å². The molecule has 1 fully saturated rings. The number of aromatic amines is 2. The van der Waals surface area contributed by atoms with Gasteiger partial charge in [0.15, 0.2) is 5.65 Å². The smallest absolute Gasteiger partial charge is 0.261 e. The number of fused-ring (bicyclic) bond motifs is 2. The van der Waals surface area contributed by atoms with Gasteiger partial charge >= 0.3 is 0 Å². The molecule has 10 heteroatoms. The topological polar surface area (TPSA) is 86.4 Å². The Labute approximate surface area is 220 Å². The molecule has 0 atom stereocenters. The predicted molar refractivity (Wildman–Crippen MR) is 142 cm³/mol. The van der Waals surface area contributed by atoms with Crippen LogP contribution in [0.15, 0.2) is 73.3 Å². The SMILES string of the molecule is Fc1ccc(-c2ccnc3[nH]c(-c4n[nH]c5ncc(-c6cncc(CN7CCC(F)(F)C7)c6)cc45)cc23)cc1. The first-order valence-corrected chi connectivity index (χ1v) is 12.5. The number of hydrogen-bond donors (Lipinski definition) is 2. The van der Waals surface area contributed by atoms with E-state index in [0.29, 0.717) is 30.1 Å². The fraction of sp³-hybridized carbons (Fsp3) is 0.172. The lowest BCUT2D eigenvalue weighted by atomic mass is 10.0. The second-order valence-corrected chi connectivity index (χ2v) is 9.90. The zero-order chi connectivity index (χ0) is 26.6. The zero-order valence-corrected chi connectivity index (χ0v) is 20.6. The molecule has 6 heterocycles. The number of hydrogen-bond acceptors (Lipinski definition) is 5. The van der Waals surface area contributed by atoms with Crippen LogP contribution in [0.2, 0.25) is 0 Å². The number of pyridine rings is 3. The van der Waals surface area contributed by atoms with E-state index in [1.165, 1.54) is 12.1 Å². The Hall–Kier alpha value is -4.57. The summed E-state index contributed by atoms with van der Waals surface area (Å²) in [5.74, 6) is -2.92. The minimum atomic E-state index is -2.63. The van der Waals surface area contributed by atoms with Gasteiger partial charge < -0.3 is 4.98 Å². The Morgan fingerprint density at radius 2 is 1.72 bits per heavy atom. The molecule has 1 aliphatic heterocycles. The van der Waals surface area contributed by atoms with Gasteiger partial charge in [-0.15, -0.1) is 0 Å². The Balaban J connectivity index is 1.24. The maximum Gasteiger partial charge on any atom is 0.261 e. The van der Waals surface area contributed by atoms with E-state index in [9.17, 15) is 13.2 Å². The average Bonchev–Trinajstić information content (AvgIpc) is 3.64. The van der Waals surface area contributed by atoms with Crippen molar-refractivity contribution in [1.82, 2.24) is 35.0 Å². The van der Waals surface area contributed by atoms with Gasteiger partial charge in [0.1, 0.15) is 17.2 Å². The standard InChI is InChI=1S/C29H22F3N7/c30-21-3-1-18(2-4-21)22-5-7-34-27-23(22)11-25(36-27)26-24-10-20(14-35-28(24)38-37-26)19-9-17(12-33-13-19)15-39-8-6-29(31,32)16-39/h1-5,7,9-14H,6,8,15-16H2,(H,34,36)(H,35,37,38). The first kappa shape index (κ1) is 23.5. The second-order valence-electron chi connectivity index (χ2n) is 9.90. The molecule has 5 aromatic heterocycles. The Morgan fingerprint density at radius 3 is 2.54 bits per heavy atom. The average molecular weight is 526 g/mol. The molecule has 39 heavy (non-hydrogen) atoms. The molecule has 7 rings (SSSR count). The van der Waals surface area contributed by atoms with Gasteiger partial charge in [0.25, 0.3) is 5.92 Å². The van der Waals surface area contributed by atoms with Crippen molar-refractivity contribution in [2.24, 2.45) is 0 Å². The lowest BCUT2D eigenvalue weighted by Gasteiger charge is -2.15. The summed E-state index contributed by atoms with van der Waals surface area (Å²) in [6.07, 6.45) is 6.80. The van der Waals surface area contributed by atoms with E-state index in [0.717, 1.165) is 44.3 Å². The molecule has 0 unspecified atom stereocenters. The highest BCUT2D eigenvalue weighted by molar-refractivity contribution is 5.99. The largest absolute Gasteiger partial charge is 0.338 e. The second kappa shape index (κ2) is 9.02.